The quantitative estimate of drug-likeness (QED) is 0.845. The Bertz CT molecular complexity index is 504. The van der Waals surface area contributed by atoms with Gasteiger partial charge in [-0.25, -0.2) is 4.79 Å². The fourth-order valence-electron chi connectivity index (χ4n) is 3.03. The highest BCUT2D eigenvalue weighted by Gasteiger charge is 2.44. The van der Waals surface area contributed by atoms with Crippen LogP contribution in [0, 0.1) is 5.92 Å². The van der Waals surface area contributed by atoms with Crippen molar-refractivity contribution in [2.24, 2.45) is 5.92 Å². The number of hydrogen-bond donors (Lipinski definition) is 1. The number of ether oxygens (including phenoxy) is 1. The molecule has 0 aliphatic carbocycles. The van der Waals surface area contributed by atoms with Gasteiger partial charge in [0.1, 0.15) is 11.4 Å². The van der Waals surface area contributed by atoms with Gasteiger partial charge in [-0.15, -0.1) is 0 Å². The van der Waals surface area contributed by atoms with E-state index in [4.69, 9.17) is 4.74 Å². The summed E-state index contributed by atoms with van der Waals surface area (Å²) in [5.74, 6) is 0.0765. The molecule has 1 N–H and O–H groups in total. The van der Waals surface area contributed by atoms with Crippen LogP contribution < -0.4 is 0 Å². The zero-order valence-corrected chi connectivity index (χ0v) is 12.3. The van der Waals surface area contributed by atoms with Gasteiger partial charge in [-0.2, -0.15) is 0 Å². The number of benzene rings is 1. The van der Waals surface area contributed by atoms with Crippen molar-refractivity contribution in [1.82, 2.24) is 0 Å². The normalized spacial score (nSPS) is 24.2. The highest BCUT2D eigenvalue weighted by Crippen LogP contribution is 2.42. The van der Waals surface area contributed by atoms with E-state index in [-0.39, 0.29) is 11.7 Å². The molecule has 0 fully saturated rings. The van der Waals surface area contributed by atoms with Crippen molar-refractivity contribution in [1.29, 1.82) is 0 Å². The van der Waals surface area contributed by atoms with Gasteiger partial charge < -0.3 is 9.84 Å². The number of rotatable bonds is 4. The Kier molecular flexibility index (Phi) is 4.17. The van der Waals surface area contributed by atoms with Gasteiger partial charge in [0.2, 0.25) is 0 Å². The molecule has 2 unspecified atom stereocenters. The Morgan fingerprint density at radius 3 is 2.45 bits per heavy atom. The maximum absolute atomic E-state index is 11.7. The van der Waals surface area contributed by atoms with Gasteiger partial charge >= 0.3 is 5.97 Å². The van der Waals surface area contributed by atoms with E-state index >= 15 is 0 Å². The van der Waals surface area contributed by atoms with E-state index in [0.29, 0.717) is 12.3 Å². The summed E-state index contributed by atoms with van der Waals surface area (Å²) >= 11 is 0. The lowest BCUT2D eigenvalue weighted by Crippen LogP contribution is -2.44. The zero-order chi connectivity index (χ0) is 14.8. The second-order valence-electron chi connectivity index (χ2n) is 6.03. The number of carbonyl (C=O) groups excluding carboxylic acids is 1. The molecular weight excluding hydrogens is 252 g/mol. The predicted octanol–water partition coefficient (Wildman–Crippen LogP) is 3.96. The Labute approximate surface area is 120 Å². The van der Waals surface area contributed by atoms with Crippen LogP contribution in [0.15, 0.2) is 42.2 Å². The number of hydrogen-bond acceptors (Lipinski definition) is 3. The lowest BCUT2D eigenvalue weighted by atomic mass is 9.74. The Morgan fingerprint density at radius 1 is 1.25 bits per heavy atom. The molecule has 1 aromatic carbocycles. The van der Waals surface area contributed by atoms with E-state index < -0.39 is 11.6 Å². The fraction of sp³-hybridized carbons (Fsp3) is 0.471. The van der Waals surface area contributed by atoms with Crippen LogP contribution in [0.25, 0.3) is 0 Å². The third-order valence-electron chi connectivity index (χ3n) is 3.91. The molecule has 0 bridgehead atoms. The summed E-state index contributed by atoms with van der Waals surface area (Å²) in [7, 11) is 0. The topological polar surface area (TPSA) is 46.5 Å². The maximum Gasteiger partial charge on any atom is 0.334 e. The lowest BCUT2D eigenvalue weighted by molar-refractivity contribution is -0.161. The molecule has 1 aliphatic rings. The largest absolute Gasteiger partial charge is 0.512 e. The average molecular weight is 274 g/mol. The summed E-state index contributed by atoms with van der Waals surface area (Å²) < 4.78 is 5.70. The first kappa shape index (κ1) is 14.6. The summed E-state index contributed by atoms with van der Waals surface area (Å²) in [6.45, 7) is 6.26. The van der Waals surface area contributed by atoms with Crippen molar-refractivity contribution in [2.75, 3.05) is 0 Å². The summed E-state index contributed by atoms with van der Waals surface area (Å²) in [5.41, 5.74) is 0.460. The molecule has 108 valence electrons. The van der Waals surface area contributed by atoms with Crippen molar-refractivity contribution < 1.29 is 14.6 Å². The Balaban J connectivity index is 2.37. The van der Waals surface area contributed by atoms with Crippen molar-refractivity contribution in [2.45, 2.75) is 45.1 Å². The molecule has 3 nitrogen and oxygen atoms in total. The molecule has 0 radical (unpaired) electrons. The lowest BCUT2D eigenvalue weighted by Gasteiger charge is -2.41. The van der Waals surface area contributed by atoms with Crippen LogP contribution in [0.1, 0.15) is 45.1 Å². The van der Waals surface area contributed by atoms with Crippen LogP contribution in [-0.4, -0.2) is 16.7 Å². The van der Waals surface area contributed by atoms with Crippen molar-refractivity contribution in [3.05, 3.63) is 47.7 Å². The van der Waals surface area contributed by atoms with Crippen LogP contribution >= 0.6 is 0 Å². The minimum absolute atomic E-state index is 0.0332. The van der Waals surface area contributed by atoms with Crippen molar-refractivity contribution in [3.8, 4) is 0 Å². The van der Waals surface area contributed by atoms with Gasteiger partial charge in [0.05, 0.1) is 6.08 Å². The van der Waals surface area contributed by atoms with Crippen LogP contribution in [-0.2, 0) is 9.53 Å². The van der Waals surface area contributed by atoms with Gasteiger partial charge in [0, 0.05) is 12.3 Å². The minimum Gasteiger partial charge on any atom is -0.512 e. The van der Waals surface area contributed by atoms with Gasteiger partial charge in [0.15, 0.2) is 0 Å². The van der Waals surface area contributed by atoms with E-state index in [2.05, 4.69) is 20.8 Å². The summed E-state index contributed by atoms with van der Waals surface area (Å²) in [6.07, 6.45) is 2.29. The molecule has 2 rings (SSSR count). The maximum atomic E-state index is 11.7. The average Bonchev–Trinajstić information content (AvgIpc) is 2.36. The van der Waals surface area contributed by atoms with Crippen LogP contribution in [0.2, 0.25) is 0 Å². The summed E-state index contributed by atoms with van der Waals surface area (Å²) in [5, 5.41) is 9.88. The SMILES string of the molecule is CC(C)CC1(C(C)c2ccccc2)CC(O)=CC(=O)O1. The molecule has 1 aliphatic heterocycles. The molecule has 0 amide bonds. The molecule has 20 heavy (non-hydrogen) atoms. The van der Waals surface area contributed by atoms with Gasteiger partial charge in [0.25, 0.3) is 0 Å². The first-order valence-corrected chi connectivity index (χ1v) is 7.10. The molecule has 0 spiro atoms. The second kappa shape index (κ2) is 5.70. The highest BCUT2D eigenvalue weighted by molar-refractivity contribution is 5.84. The van der Waals surface area contributed by atoms with Crippen molar-refractivity contribution in [3.63, 3.8) is 0 Å². The number of carbonyl (C=O) groups is 1. The van der Waals surface area contributed by atoms with E-state index in [1.54, 1.807) is 0 Å². The Hall–Kier alpha value is -1.77. The third-order valence-corrected chi connectivity index (χ3v) is 3.91. The number of cyclic esters (lactones) is 1. The molecule has 3 heteroatoms. The minimum atomic E-state index is -0.661. The first-order chi connectivity index (χ1) is 9.43. The summed E-state index contributed by atoms with van der Waals surface area (Å²) in [4.78, 5) is 11.7. The number of aliphatic hydroxyl groups is 1. The van der Waals surface area contributed by atoms with E-state index in [0.717, 1.165) is 12.0 Å². The van der Waals surface area contributed by atoms with Gasteiger partial charge in [-0.05, 0) is 17.9 Å². The highest BCUT2D eigenvalue weighted by atomic mass is 16.6. The van der Waals surface area contributed by atoms with E-state index in [1.165, 1.54) is 6.08 Å². The molecule has 0 aromatic heterocycles. The second-order valence-corrected chi connectivity index (χ2v) is 6.03. The molecular formula is C17H22O3. The zero-order valence-electron chi connectivity index (χ0n) is 12.3. The van der Waals surface area contributed by atoms with E-state index in [1.807, 2.05) is 30.3 Å². The molecule has 0 saturated carbocycles. The number of aliphatic hydroxyl groups excluding tert-OH is 1. The molecule has 1 heterocycles. The van der Waals surface area contributed by atoms with Crippen molar-refractivity contribution >= 4 is 5.97 Å². The predicted molar refractivity (Wildman–Crippen MR) is 78.5 cm³/mol. The molecule has 2 atom stereocenters. The first-order valence-electron chi connectivity index (χ1n) is 7.10. The van der Waals surface area contributed by atoms with Crippen LogP contribution in [0.4, 0.5) is 0 Å². The standard InChI is InChI=1S/C17H22O3/c1-12(2)10-17(11-15(18)9-16(19)20-17)13(3)14-7-5-4-6-8-14/h4-9,12-13,18H,10-11H2,1-3H3. The van der Waals surface area contributed by atoms with E-state index in [9.17, 15) is 9.90 Å². The summed E-state index contributed by atoms with van der Waals surface area (Å²) in [6, 6.07) is 10.0. The monoisotopic (exact) mass is 274 g/mol. The van der Waals surface area contributed by atoms with Gasteiger partial charge in [-0.3, -0.25) is 0 Å². The van der Waals surface area contributed by atoms with Crippen LogP contribution in [0.3, 0.4) is 0 Å². The fourth-order valence-corrected chi connectivity index (χ4v) is 3.03. The molecule has 1 aromatic rings. The molecule has 0 saturated heterocycles. The number of esters is 1. The smallest absolute Gasteiger partial charge is 0.334 e. The van der Waals surface area contributed by atoms with Crippen LogP contribution in [0.5, 0.6) is 0 Å². The van der Waals surface area contributed by atoms with Gasteiger partial charge in [-0.1, -0.05) is 51.1 Å². The Morgan fingerprint density at radius 2 is 1.90 bits per heavy atom. The third kappa shape index (κ3) is 3.03.